The molecular weight excluding hydrogens is 292 g/mol. The van der Waals surface area contributed by atoms with Crippen LogP contribution in [0.2, 0.25) is 0 Å². The van der Waals surface area contributed by atoms with Gasteiger partial charge in [0.05, 0.1) is 12.5 Å². The van der Waals surface area contributed by atoms with E-state index in [9.17, 15) is 9.59 Å². The van der Waals surface area contributed by atoms with Crippen LogP contribution in [0.5, 0.6) is 0 Å². The van der Waals surface area contributed by atoms with Crippen LogP contribution in [0.1, 0.15) is 36.2 Å². The van der Waals surface area contributed by atoms with Crippen molar-refractivity contribution >= 4 is 11.9 Å². The van der Waals surface area contributed by atoms with Crippen molar-refractivity contribution < 1.29 is 14.3 Å². The van der Waals surface area contributed by atoms with Gasteiger partial charge in [-0.3, -0.25) is 9.59 Å². The molecule has 0 bridgehead atoms. The summed E-state index contributed by atoms with van der Waals surface area (Å²) in [4.78, 5) is 23.7. The average Bonchev–Trinajstić information content (AvgIpc) is 3.00. The number of aryl methyl sites for hydroxylation is 1. The second-order valence-corrected chi connectivity index (χ2v) is 5.64. The lowest BCUT2D eigenvalue weighted by Gasteiger charge is -2.11. The Morgan fingerprint density at radius 2 is 1.91 bits per heavy atom. The molecule has 0 aliphatic rings. The maximum Gasteiger partial charge on any atom is 0.307 e. The lowest BCUT2D eigenvalue weighted by Crippen LogP contribution is -2.27. The van der Waals surface area contributed by atoms with Crippen LogP contribution in [0, 0.1) is 6.92 Å². The monoisotopic (exact) mass is 314 g/mol. The average molecular weight is 314 g/mol. The molecular formula is C18H22N2O3. The smallest absolute Gasteiger partial charge is 0.307 e. The van der Waals surface area contributed by atoms with Crippen LogP contribution in [-0.2, 0) is 9.53 Å². The molecule has 23 heavy (non-hydrogen) atoms. The molecule has 5 heteroatoms. The summed E-state index contributed by atoms with van der Waals surface area (Å²) in [5.41, 5.74) is 2.61. The highest BCUT2D eigenvalue weighted by molar-refractivity contribution is 5.95. The zero-order chi connectivity index (χ0) is 16.8. The van der Waals surface area contributed by atoms with E-state index >= 15 is 0 Å². The zero-order valence-corrected chi connectivity index (χ0v) is 13.7. The van der Waals surface area contributed by atoms with Crippen molar-refractivity contribution in [3.8, 4) is 5.69 Å². The van der Waals surface area contributed by atoms with Crippen LogP contribution < -0.4 is 5.32 Å². The van der Waals surface area contributed by atoms with Gasteiger partial charge in [-0.25, -0.2) is 0 Å². The Morgan fingerprint density at radius 1 is 1.22 bits per heavy atom. The number of nitrogens with one attached hydrogen (secondary N) is 1. The van der Waals surface area contributed by atoms with Crippen molar-refractivity contribution in [1.82, 2.24) is 9.88 Å². The van der Waals surface area contributed by atoms with Gasteiger partial charge in [0.25, 0.3) is 5.91 Å². The van der Waals surface area contributed by atoms with Gasteiger partial charge in [0.2, 0.25) is 0 Å². The summed E-state index contributed by atoms with van der Waals surface area (Å²) in [6, 6.07) is 9.41. The van der Waals surface area contributed by atoms with Crippen molar-refractivity contribution in [1.29, 1.82) is 0 Å². The third-order valence-electron chi connectivity index (χ3n) is 3.34. The van der Waals surface area contributed by atoms with Crippen LogP contribution in [0.15, 0.2) is 42.7 Å². The third kappa shape index (κ3) is 4.71. The summed E-state index contributed by atoms with van der Waals surface area (Å²) in [6.07, 6.45) is 3.90. The van der Waals surface area contributed by atoms with E-state index in [0.29, 0.717) is 5.56 Å². The molecule has 122 valence electrons. The first kappa shape index (κ1) is 16.8. The molecule has 0 unspecified atom stereocenters. The minimum atomic E-state index is -0.308. The summed E-state index contributed by atoms with van der Waals surface area (Å²) in [7, 11) is 0. The summed E-state index contributed by atoms with van der Waals surface area (Å²) < 4.78 is 6.99. The van der Waals surface area contributed by atoms with Crippen molar-refractivity contribution in [2.24, 2.45) is 0 Å². The van der Waals surface area contributed by atoms with E-state index in [1.54, 1.807) is 19.9 Å². The Labute approximate surface area is 136 Å². The number of esters is 1. The van der Waals surface area contributed by atoms with Crippen LogP contribution in [0.3, 0.4) is 0 Å². The van der Waals surface area contributed by atoms with Gasteiger partial charge in [-0.1, -0.05) is 6.07 Å². The van der Waals surface area contributed by atoms with E-state index in [-0.39, 0.29) is 30.9 Å². The summed E-state index contributed by atoms with van der Waals surface area (Å²) >= 11 is 0. The Hall–Kier alpha value is -2.56. The molecule has 1 amide bonds. The SMILES string of the molecule is Cc1ccc(C(=O)NCCC(=O)OC(C)C)cc1-n1cccc1. The number of aromatic nitrogens is 1. The number of nitrogens with zero attached hydrogens (tertiary/aromatic N) is 1. The molecule has 0 radical (unpaired) electrons. The lowest BCUT2D eigenvalue weighted by atomic mass is 10.1. The number of ether oxygens (including phenoxy) is 1. The molecule has 0 fully saturated rings. The third-order valence-corrected chi connectivity index (χ3v) is 3.34. The van der Waals surface area contributed by atoms with Crippen molar-refractivity contribution in [2.45, 2.75) is 33.3 Å². The van der Waals surface area contributed by atoms with E-state index in [1.807, 2.05) is 48.1 Å². The number of benzene rings is 1. The van der Waals surface area contributed by atoms with Gasteiger partial charge in [0.1, 0.15) is 0 Å². The van der Waals surface area contributed by atoms with E-state index < -0.39 is 0 Å². The molecule has 5 nitrogen and oxygen atoms in total. The number of amides is 1. The van der Waals surface area contributed by atoms with Gasteiger partial charge in [-0.2, -0.15) is 0 Å². The largest absolute Gasteiger partial charge is 0.463 e. The van der Waals surface area contributed by atoms with Crippen LogP contribution >= 0.6 is 0 Å². The number of rotatable bonds is 6. The first-order valence-corrected chi connectivity index (χ1v) is 7.69. The number of hydrogen-bond acceptors (Lipinski definition) is 3. The molecule has 0 spiro atoms. The van der Waals surface area contributed by atoms with Gasteiger partial charge in [-0.15, -0.1) is 0 Å². The fourth-order valence-electron chi connectivity index (χ4n) is 2.23. The van der Waals surface area contributed by atoms with E-state index in [1.165, 1.54) is 0 Å². The molecule has 1 heterocycles. The van der Waals surface area contributed by atoms with Crippen LogP contribution in [-0.4, -0.2) is 29.1 Å². The minimum Gasteiger partial charge on any atom is -0.463 e. The first-order chi connectivity index (χ1) is 11.0. The van der Waals surface area contributed by atoms with Gasteiger partial charge in [0.15, 0.2) is 0 Å². The molecule has 0 saturated heterocycles. The van der Waals surface area contributed by atoms with Crippen molar-refractivity contribution in [2.75, 3.05) is 6.54 Å². The topological polar surface area (TPSA) is 60.3 Å². The summed E-state index contributed by atoms with van der Waals surface area (Å²) in [5, 5.41) is 2.75. The quantitative estimate of drug-likeness (QED) is 0.834. The Balaban J connectivity index is 1.98. The molecule has 0 saturated carbocycles. The molecule has 1 N–H and O–H groups in total. The molecule has 0 aliphatic carbocycles. The maximum absolute atomic E-state index is 12.2. The highest BCUT2D eigenvalue weighted by Gasteiger charge is 2.10. The second kappa shape index (κ2) is 7.63. The Bertz CT molecular complexity index is 676. The molecule has 0 atom stereocenters. The predicted octanol–water partition coefficient (Wildman–Crippen LogP) is 2.86. The fourth-order valence-corrected chi connectivity index (χ4v) is 2.23. The number of carbonyl (C=O) groups excluding carboxylic acids is 2. The first-order valence-electron chi connectivity index (χ1n) is 7.69. The number of carbonyl (C=O) groups is 2. The van der Waals surface area contributed by atoms with Gasteiger partial charge in [-0.05, 0) is 50.6 Å². The highest BCUT2D eigenvalue weighted by atomic mass is 16.5. The van der Waals surface area contributed by atoms with Crippen molar-refractivity contribution in [3.05, 3.63) is 53.9 Å². The van der Waals surface area contributed by atoms with Crippen LogP contribution in [0.25, 0.3) is 5.69 Å². The Kier molecular flexibility index (Phi) is 5.57. The van der Waals surface area contributed by atoms with Gasteiger partial charge >= 0.3 is 5.97 Å². The molecule has 1 aromatic carbocycles. The fraction of sp³-hybridized carbons (Fsp3) is 0.333. The van der Waals surface area contributed by atoms with E-state index in [4.69, 9.17) is 4.74 Å². The zero-order valence-electron chi connectivity index (χ0n) is 13.7. The minimum absolute atomic E-state index is 0.139. The predicted molar refractivity (Wildman–Crippen MR) is 88.7 cm³/mol. The second-order valence-electron chi connectivity index (χ2n) is 5.64. The Morgan fingerprint density at radius 3 is 2.57 bits per heavy atom. The normalized spacial score (nSPS) is 10.6. The van der Waals surface area contributed by atoms with Crippen LogP contribution in [0.4, 0.5) is 0 Å². The summed E-state index contributed by atoms with van der Waals surface area (Å²) in [6.45, 7) is 5.85. The maximum atomic E-state index is 12.2. The summed E-state index contributed by atoms with van der Waals surface area (Å²) in [5.74, 6) is -0.506. The van der Waals surface area contributed by atoms with E-state index in [2.05, 4.69) is 5.32 Å². The highest BCUT2D eigenvalue weighted by Crippen LogP contribution is 2.16. The molecule has 0 aliphatic heterocycles. The lowest BCUT2D eigenvalue weighted by molar-refractivity contribution is -0.147. The van der Waals surface area contributed by atoms with Crippen molar-refractivity contribution in [3.63, 3.8) is 0 Å². The van der Waals surface area contributed by atoms with Gasteiger partial charge < -0.3 is 14.6 Å². The molecule has 1 aromatic heterocycles. The standard InChI is InChI=1S/C18H22N2O3/c1-13(2)23-17(21)8-9-19-18(22)15-7-6-14(3)16(12-15)20-10-4-5-11-20/h4-7,10-13H,8-9H2,1-3H3,(H,19,22). The molecule has 2 rings (SSSR count). The van der Waals surface area contributed by atoms with E-state index in [0.717, 1.165) is 11.3 Å². The molecule has 2 aromatic rings. The van der Waals surface area contributed by atoms with Gasteiger partial charge in [0, 0.05) is 30.2 Å². The number of hydrogen-bond donors (Lipinski definition) is 1.